The summed E-state index contributed by atoms with van der Waals surface area (Å²) < 4.78 is 1.67. The van der Waals surface area contributed by atoms with Crippen LogP contribution in [0.25, 0.3) is 0 Å². The van der Waals surface area contributed by atoms with Crippen LogP contribution >= 0.6 is 11.6 Å². The van der Waals surface area contributed by atoms with Gasteiger partial charge in [0.15, 0.2) is 5.78 Å². The third-order valence-corrected chi connectivity index (χ3v) is 3.21. The maximum Gasteiger partial charge on any atom is 0.186 e. The maximum atomic E-state index is 12.4. The molecule has 0 N–H and O–H groups in total. The van der Waals surface area contributed by atoms with Crippen molar-refractivity contribution in [1.29, 1.82) is 0 Å². The number of halogens is 1. The van der Waals surface area contributed by atoms with Gasteiger partial charge in [-0.3, -0.25) is 14.5 Å². The lowest BCUT2D eigenvalue weighted by molar-refractivity contribution is 0.0982. The van der Waals surface area contributed by atoms with Crippen molar-refractivity contribution in [1.82, 2.24) is 19.7 Å². The van der Waals surface area contributed by atoms with Crippen LogP contribution in [0.15, 0.2) is 30.7 Å². The molecule has 0 bridgehead atoms. The van der Waals surface area contributed by atoms with E-state index in [4.69, 9.17) is 11.6 Å². The van der Waals surface area contributed by atoms with Gasteiger partial charge in [-0.2, -0.15) is 5.10 Å². The van der Waals surface area contributed by atoms with E-state index in [9.17, 15) is 4.79 Å². The molecule has 0 unspecified atom stereocenters. The van der Waals surface area contributed by atoms with E-state index in [-0.39, 0.29) is 5.78 Å². The van der Waals surface area contributed by atoms with Crippen LogP contribution in [0.1, 0.15) is 16.1 Å². The van der Waals surface area contributed by atoms with Gasteiger partial charge in [0.1, 0.15) is 5.69 Å². The molecule has 5 nitrogen and oxygen atoms in total. The van der Waals surface area contributed by atoms with E-state index >= 15 is 0 Å². The minimum Gasteiger partial charge on any atom is -0.308 e. The molecule has 2 aromatic heterocycles. The second-order valence-electron chi connectivity index (χ2n) is 4.82. The van der Waals surface area contributed by atoms with E-state index < -0.39 is 0 Å². The Hall–Kier alpha value is -1.72. The van der Waals surface area contributed by atoms with Crippen molar-refractivity contribution >= 4 is 17.4 Å². The summed E-state index contributed by atoms with van der Waals surface area (Å²) in [7, 11) is 3.95. The topological polar surface area (TPSA) is 51.0 Å². The van der Waals surface area contributed by atoms with Gasteiger partial charge in [0.2, 0.25) is 0 Å². The molecular formula is C14H17ClN4O. The number of Topliss-reactive ketones (excluding diaryl/α,β-unsaturated/α-hetero) is 1. The summed E-state index contributed by atoms with van der Waals surface area (Å²) in [6, 6.07) is 3.65. The van der Waals surface area contributed by atoms with Crippen molar-refractivity contribution < 1.29 is 4.79 Å². The minimum atomic E-state index is -0.0301. The zero-order valence-electron chi connectivity index (χ0n) is 11.6. The molecule has 0 radical (unpaired) electrons. The van der Waals surface area contributed by atoms with Crippen LogP contribution in [0.5, 0.6) is 0 Å². The van der Waals surface area contributed by atoms with Crippen LogP contribution in [-0.2, 0) is 13.0 Å². The lowest BCUT2D eigenvalue weighted by Crippen LogP contribution is -2.22. The van der Waals surface area contributed by atoms with E-state index in [1.807, 2.05) is 31.1 Å². The van der Waals surface area contributed by atoms with Crippen LogP contribution in [-0.4, -0.2) is 46.1 Å². The number of nitrogens with zero attached hydrogens (tertiary/aromatic N) is 4. The number of rotatable bonds is 6. The van der Waals surface area contributed by atoms with Crippen LogP contribution in [0.3, 0.4) is 0 Å². The summed E-state index contributed by atoms with van der Waals surface area (Å²) in [6.07, 6.45) is 5.17. The average Bonchev–Trinajstić information content (AvgIpc) is 2.78. The largest absolute Gasteiger partial charge is 0.308 e. The second-order valence-corrected chi connectivity index (χ2v) is 5.23. The van der Waals surface area contributed by atoms with Gasteiger partial charge in [0.25, 0.3) is 0 Å². The maximum absolute atomic E-state index is 12.4. The molecular weight excluding hydrogens is 276 g/mol. The highest BCUT2D eigenvalue weighted by Crippen LogP contribution is 2.17. The monoisotopic (exact) mass is 292 g/mol. The number of likely N-dealkylation sites (N-methyl/N-ethyl adjacent to an activating group) is 1. The smallest absolute Gasteiger partial charge is 0.186 e. The fraction of sp³-hybridized carbons (Fsp3) is 0.357. The fourth-order valence-corrected chi connectivity index (χ4v) is 2.12. The zero-order chi connectivity index (χ0) is 14.5. The Morgan fingerprint density at radius 1 is 1.35 bits per heavy atom. The first-order chi connectivity index (χ1) is 9.58. The molecule has 0 aliphatic carbocycles. The molecule has 0 saturated carbocycles. The number of carbonyl (C=O) groups excluding carboxylic acids is 1. The standard InChI is InChI=1S/C14H17ClN4O/c1-18(2)7-8-19-14(12(15)10-17-19)13(20)9-11-3-5-16-6-4-11/h3-6,10H,7-9H2,1-2H3. The van der Waals surface area contributed by atoms with Gasteiger partial charge in [-0.25, -0.2) is 0 Å². The molecule has 2 heterocycles. The molecule has 0 spiro atoms. The Balaban J connectivity index is 2.15. The first-order valence-corrected chi connectivity index (χ1v) is 6.74. The normalized spacial score (nSPS) is 11.0. The van der Waals surface area contributed by atoms with Crippen molar-refractivity contribution in [3.8, 4) is 0 Å². The molecule has 106 valence electrons. The van der Waals surface area contributed by atoms with Gasteiger partial charge in [-0.1, -0.05) is 11.6 Å². The number of aromatic nitrogens is 3. The van der Waals surface area contributed by atoms with Gasteiger partial charge in [0.05, 0.1) is 17.8 Å². The summed E-state index contributed by atoms with van der Waals surface area (Å²) >= 11 is 6.09. The Morgan fingerprint density at radius 3 is 2.70 bits per heavy atom. The Morgan fingerprint density at radius 2 is 2.05 bits per heavy atom. The molecule has 0 saturated heterocycles. The number of hydrogen-bond donors (Lipinski definition) is 0. The summed E-state index contributed by atoms with van der Waals surface area (Å²) in [6.45, 7) is 1.44. The van der Waals surface area contributed by atoms with Gasteiger partial charge in [-0.15, -0.1) is 0 Å². The van der Waals surface area contributed by atoms with Crippen LogP contribution < -0.4 is 0 Å². The number of hydrogen-bond acceptors (Lipinski definition) is 4. The molecule has 0 fully saturated rings. The van der Waals surface area contributed by atoms with E-state index in [1.54, 1.807) is 17.1 Å². The summed E-state index contributed by atoms with van der Waals surface area (Å²) in [5.74, 6) is -0.0301. The predicted molar refractivity (Wildman–Crippen MR) is 78.1 cm³/mol. The quantitative estimate of drug-likeness (QED) is 0.763. The lowest BCUT2D eigenvalue weighted by Gasteiger charge is -2.11. The molecule has 0 aromatic carbocycles. The van der Waals surface area contributed by atoms with Gasteiger partial charge in [-0.05, 0) is 31.8 Å². The van der Waals surface area contributed by atoms with Crippen LogP contribution in [0, 0.1) is 0 Å². The van der Waals surface area contributed by atoms with E-state index in [1.165, 1.54) is 6.20 Å². The van der Waals surface area contributed by atoms with Crippen LogP contribution in [0.4, 0.5) is 0 Å². The fourth-order valence-electron chi connectivity index (χ4n) is 1.87. The number of carbonyl (C=O) groups is 1. The SMILES string of the molecule is CN(C)CCn1ncc(Cl)c1C(=O)Cc1ccncc1. The zero-order valence-corrected chi connectivity index (χ0v) is 12.3. The van der Waals surface area contributed by atoms with Crippen molar-refractivity contribution in [2.24, 2.45) is 0 Å². The molecule has 0 aliphatic heterocycles. The number of pyridine rings is 1. The second kappa shape index (κ2) is 6.63. The lowest BCUT2D eigenvalue weighted by atomic mass is 10.1. The first-order valence-electron chi connectivity index (χ1n) is 6.36. The van der Waals surface area contributed by atoms with Crippen molar-refractivity contribution in [2.45, 2.75) is 13.0 Å². The molecule has 2 aromatic rings. The van der Waals surface area contributed by atoms with E-state index in [0.29, 0.717) is 23.7 Å². The first kappa shape index (κ1) is 14.7. The molecule has 0 aliphatic rings. The van der Waals surface area contributed by atoms with Gasteiger partial charge in [0, 0.05) is 25.4 Å². The molecule has 0 amide bonds. The Kier molecular flexibility index (Phi) is 4.87. The molecule has 2 rings (SSSR count). The highest BCUT2D eigenvalue weighted by Gasteiger charge is 2.17. The van der Waals surface area contributed by atoms with Crippen LogP contribution in [0.2, 0.25) is 5.02 Å². The number of ketones is 1. The molecule has 6 heteroatoms. The van der Waals surface area contributed by atoms with Crippen molar-refractivity contribution in [3.05, 3.63) is 47.0 Å². The minimum absolute atomic E-state index is 0.0301. The van der Waals surface area contributed by atoms with Gasteiger partial charge < -0.3 is 4.90 Å². The summed E-state index contributed by atoms with van der Waals surface area (Å²) in [5, 5.41) is 4.58. The average molecular weight is 293 g/mol. The van der Waals surface area contributed by atoms with Crippen molar-refractivity contribution in [2.75, 3.05) is 20.6 Å². The highest BCUT2D eigenvalue weighted by molar-refractivity contribution is 6.33. The highest BCUT2D eigenvalue weighted by atomic mass is 35.5. The third-order valence-electron chi connectivity index (χ3n) is 2.93. The van der Waals surface area contributed by atoms with Crippen molar-refractivity contribution in [3.63, 3.8) is 0 Å². The van der Waals surface area contributed by atoms with E-state index in [0.717, 1.165) is 12.1 Å². The third kappa shape index (κ3) is 3.65. The summed E-state index contributed by atoms with van der Waals surface area (Å²) in [4.78, 5) is 18.4. The predicted octanol–water partition coefficient (Wildman–Crippen LogP) is 1.92. The summed E-state index contributed by atoms with van der Waals surface area (Å²) in [5.41, 5.74) is 1.40. The Labute approximate surface area is 123 Å². The Bertz CT molecular complexity index is 580. The molecule has 0 atom stereocenters. The molecule has 20 heavy (non-hydrogen) atoms. The van der Waals surface area contributed by atoms with E-state index in [2.05, 4.69) is 10.1 Å². The van der Waals surface area contributed by atoms with Gasteiger partial charge >= 0.3 is 0 Å².